The molecule has 0 saturated heterocycles. The minimum atomic E-state index is 0.190. The van der Waals surface area contributed by atoms with Crippen LogP contribution in [0.2, 0.25) is 0 Å². The Bertz CT molecular complexity index is 495. The highest BCUT2D eigenvalue weighted by Crippen LogP contribution is 2.21. The lowest BCUT2D eigenvalue weighted by Crippen LogP contribution is -1.79. The summed E-state index contributed by atoms with van der Waals surface area (Å²) in [4.78, 5) is 4.25. The van der Waals surface area contributed by atoms with Crippen LogP contribution in [0.1, 0.15) is 23.9 Å². The SMILES string of the molecule is CC(O)=Cc1nc2cc(C)c(C)cc2o1. The Balaban J connectivity index is 2.61. The second kappa shape index (κ2) is 3.42. The third-order valence-corrected chi connectivity index (χ3v) is 2.35. The summed E-state index contributed by atoms with van der Waals surface area (Å²) in [6.07, 6.45) is 1.50. The van der Waals surface area contributed by atoms with Gasteiger partial charge in [-0.05, 0) is 44.0 Å². The van der Waals surface area contributed by atoms with Crippen LogP contribution < -0.4 is 0 Å². The molecule has 3 nitrogen and oxygen atoms in total. The summed E-state index contributed by atoms with van der Waals surface area (Å²) in [7, 11) is 0. The first-order valence-corrected chi connectivity index (χ1v) is 4.81. The minimum Gasteiger partial charge on any atom is -0.512 e. The van der Waals surface area contributed by atoms with Gasteiger partial charge in [-0.15, -0.1) is 0 Å². The molecule has 0 atom stereocenters. The zero-order valence-corrected chi connectivity index (χ0v) is 9.03. The first kappa shape index (κ1) is 9.77. The molecular weight excluding hydrogens is 190 g/mol. The van der Waals surface area contributed by atoms with Crippen molar-refractivity contribution in [3.63, 3.8) is 0 Å². The van der Waals surface area contributed by atoms with Crippen molar-refractivity contribution < 1.29 is 9.52 Å². The maximum absolute atomic E-state index is 9.10. The second-order valence-corrected chi connectivity index (χ2v) is 3.74. The Morgan fingerprint density at radius 2 is 2.00 bits per heavy atom. The Kier molecular flexibility index (Phi) is 2.23. The molecule has 1 N–H and O–H groups in total. The quantitative estimate of drug-likeness (QED) is 0.723. The van der Waals surface area contributed by atoms with E-state index in [1.807, 2.05) is 26.0 Å². The van der Waals surface area contributed by atoms with Crippen LogP contribution in [0, 0.1) is 13.8 Å². The van der Waals surface area contributed by atoms with Gasteiger partial charge in [0.25, 0.3) is 0 Å². The van der Waals surface area contributed by atoms with Gasteiger partial charge in [-0.25, -0.2) is 4.98 Å². The number of aliphatic hydroxyl groups is 1. The van der Waals surface area contributed by atoms with Gasteiger partial charge in [-0.1, -0.05) is 0 Å². The zero-order valence-electron chi connectivity index (χ0n) is 9.03. The lowest BCUT2D eigenvalue weighted by Gasteiger charge is -1.96. The van der Waals surface area contributed by atoms with Gasteiger partial charge in [0.1, 0.15) is 5.52 Å². The highest BCUT2D eigenvalue weighted by atomic mass is 16.3. The van der Waals surface area contributed by atoms with Crippen LogP contribution in [-0.2, 0) is 0 Å². The molecule has 0 aliphatic rings. The molecule has 1 aromatic heterocycles. The third kappa shape index (κ3) is 1.86. The molecule has 0 spiro atoms. The maximum Gasteiger partial charge on any atom is 0.223 e. The molecule has 0 unspecified atom stereocenters. The Morgan fingerprint density at radius 3 is 2.67 bits per heavy atom. The number of fused-ring (bicyclic) bond motifs is 1. The average Bonchev–Trinajstić information content (AvgIpc) is 2.46. The molecule has 1 aromatic carbocycles. The van der Waals surface area contributed by atoms with Gasteiger partial charge in [-0.3, -0.25) is 0 Å². The number of rotatable bonds is 1. The van der Waals surface area contributed by atoms with Crippen molar-refractivity contribution in [3.05, 3.63) is 34.9 Å². The molecule has 15 heavy (non-hydrogen) atoms. The van der Waals surface area contributed by atoms with Crippen LogP contribution in [0.25, 0.3) is 17.2 Å². The second-order valence-electron chi connectivity index (χ2n) is 3.74. The van der Waals surface area contributed by atoms with Gasteiger partial charge < -0.3 is 9.52 Å². The topological polar surface area (TPSA) is 46.3 Å². The van der Waals surface area contributed by atoms with E-state index in [1.165, 1.54) is 17.2 Å². The van der Waals surface area contributed by atoms with E-state index in [1.54, 1.807) is 6.92 Å². The van der Waals surface area contributed by atoms with Gasteiger partial charge in [0.2, 0.25) is 5.89 Å². The number of aryl methyl sites for hydroxylation is 2. The number of hydrogen-bond acceptors (Lipinski definition) is 3. The fourth-order valence-corrected chi connectivity index (χ4v) is 1.44. The monoisotopic (exact) mass is 203 g/mol. The molecule has 2 rings (SSSR count). The molecule has 2 aromatic rings. The molecular formula is C12H13NO2. The normalized spacial score (nSPS) is 12.3. The summed E-state index contributed by atoms with van der Waals surface area (Å²) < 4.78 is 5.47. The van der Waals surface area contributed by atoms with Gasteiger partial charge >= 0.3 is 0 Å². The molecule has 1 heterocycles. The summed E-state index contributed by atoms with van der Waals surface area (Å²) in [6.45, 7) is 5.66. The molecule has 78 valence electrons. The predicted octanol–water partition coefficient (Wildman–Crippen LogP) is 3.36. The fraction of sp³-hybridized carbons (Fsp3) is 0.250. The maximum atomic E-state index is 9.10. The highest BCUT2D eigenvalue weighted by Gasteiger charge is 2.05. The van der Waals surface area contributed by atoms with E-state index < -0.39 is 0 Å². The number of aromatic nitrogens is 1. The molecule has 0 saturated carbocycles. The third-order valence-electron chi connectivity index (χ3n) is 2.35. The molecule has 0 fully saturated rings. The average molecular weight is 203 g/mol. The molecule has 0 bridgehead atoms. The number of aliphatic hydroxyl groups excluding tert-OH is 1. The lowest BCUT2D eigenvalue weighted by molar-refractivity contribution is 0.417. The molecule has 0 aliphatic heterocycles. The van der Waals surface area contributed by atoms with Crippen LogP contribution in [0.15, 0.2) is 22.3 Å². The van der Waals surface area contributed by atoms with Crippen LogP contribution in [-0.4, -0.2) is 10.1 Å². The number of hydrogen-bond donors (Lipinski definition) is 1. The zero-order chi connectivity index (χ0) is 11.0. The number of oxazole rings is 1. The predicted molar refractivity (Wildman–Crippen MR) is 59.8 cm³/mol. The Labute approximate surface area is 88.1 Å². The van der Waals surface area contributed by atoms with Gasteiger partial charge in [0.15, 0.2) is 5.58 Å². The summed E-state index contributed by atoms with van der Waals surface area (Å²) in [6, 6.07) is 3.94. The van der Waals surface area contributed by atoms with Gasteiger partial charge in [-0.2, -0.15) is 0 Å². The summed E-state index contributed by atoms with van der Waals surface area (Å²) >= 11 is 0. The van der Waals surface area contributed by atoms with Crippen molar-refractivity contribution in [1.82, 2.24) is 4.98 Å². The first-order chi connectivity index (χ1) is 7.06. The summed E-state index contributed by atoms with van der Waals surface area (Å²) in [5.41, 5.74) is 3.94. The first-order valence-electron chi connectivity index (χ1n) is 4.81. The molecule has 3 heteroatoms. The minimum absolute atomic E-state index is 0.190. The molecule has 0 aliphatic carbocycles. The van der Waals surface area contributed by atoms with E-state index in [2.05, 4.69) is 4.98 Å². The van der Waals surface area contributed by atoms with Crippen LogP contribution in [0.3, 0.4) is 0 Å². The van der Waals surface area contributed by atoms with Crippen LogP contribution >= 0.6 is 0 Å². The molecule has 0 amide bonds. The Hall–Kier alpha value is -1.77. The van der Waals surface area contributed by atoms with Crippen molar-refractivity contribution >= 4 is 17.2 Å². The number of benzene rings is 1. The fourth-order valence-electron chi connectivity index (χ4n) is 1.44. The van der Waals surface area contributed by atoms with Crippen molar-refractivity contribution in [2.45, 2.75) is 20.8 Å². The van der Waals surface area contributed by atoms with Crippen LogP contribution in [0.4, 0.5) is 0 Å². The highest BCUT2D eigenvalue weighted by molar-refractivity contribution is 5.76. The van der Waals surface area contributed by atoms with Crippen LogP contribution in [0.5, 0.6) is 0 Å². The largest absolute Gasteiger partial charge is 0.512 e. The number of nitrogens with zero attached hydrogens (tertiary/aromatic N) is 1. The summed E-state index contributed by atoms with van der Waals surface area (Å²) in [5, 5.41) is 9.10. The molecule has 0 radical (unpaired) electrons. The van der Waals surface area contributed by atoms with E-state index in [0.717, 1.165) is 11.1 Å². The van der Waals surface area contributed by atoms with E-state index in [0.29, 0.717) is 5.89 Å². The van der Waals surface area contributed by atoms with Gasteiger partial charge in [0, 0.05) is 6.08 Å². The summed E-state index contributed by atoms with van der Waals surface area (Å²) in [5.74, 6) is 0.630. The standard InChI is InChI=1S/C12H13NO2/c1-7-4-10-11(5-8(7)2)15-12(13-10)6-9(3)14/h4-6,14H,1-3H3. The van der Waals surface area contributed by atoms with E-state index in [9.17, 15) is 0 Å². The van der Waals surface area contributed by atoms with E-state index >= 15 is 0 Å². The van der Waals surface area contributed by atoms with Crippen molar-refractivity contribution in [1.29, 1.82) is 0 Å². The smallest absolute Gasteiger partial charge is 0.223 e. The van der Waals surface area contributed by atoms with Crippen molar-refractivity contribution in [2.75, 3.05) is 0 Å². The van der Waals surface area contributed by atoms with E-state index in [-0.39, 0.29) is 5.76 Å². The van der Waals surface area contributed by atoms with Crippen molar-refractivity contribution in [3.8, 4) is 0 Å². The van der Waals surface area contributed by atoms with Gasteiger partial charge in [0.05, 0.1) is 5.76 Å². The number of allylic oxidation sites excluding steroid dienone is 1. The van der Waals surface area contributed by atoms with Crippen molar-refractivity contribution in [2.24, 2.45) is 0 Å². The Morgan fingerprint density at radius 1 is 1.33 bits per heavy atom. The lowest BCUT2D eigenvalue weighted by atomic mass is 10.1. The van der Waals surface area contributed by atoms with E-state index in [4.69, 9.17) is 9.52 Å².